The standard InChI is InChI=1S/C22H37NO4Si/c1-20(2,3)28(8,9)27-23-22(6,16-19(24)25-7)18(15-21(4,5)26-23)17-13-11-10-12-14-17/h10-14,18H,15-16H2,1-9H3. The molecule has 1 heterocycles. The molecule has 0 spiro atoms. The molecule has 0 amide bonds. The summed E-state index contributed by atoms with van der Waals surface area (Å²) in [5, 5.41) is 1.66. The van der Waals surface area contributed by atoms with Gasteiger partial charge in [-0.05, 0) is 50.9 Å². The predicted octanol–water partition coefficient (Wildman–Crippen LogP) is 5.44. The van der Waals surface area contributed by atoms with E-state index in [9.17, 15) is 4.79 Å². The Labute approximate surface area is 171 Å². The van der Waals surface area contributed by atoms with Crippen molar-refractivity contribution in [3.8, 4) is 0 Å². The predicted molar refractivity (Wildman–Crippen MR) is 114 cm³/mol. The van der Waals surface area contributed by atoms with E-state index < -0.39 is 19.5 Å². The Bertz CT molecular complexity index is 684. The van der Waals surface area contributed by atoms with Crippen LogP contribution in [0.5, 0.6) is 0 Å². The van der Waals surface area contributed by atoms with E-state index in [4.69, 9.17) is 14.1 Å². The molecule has 2 unspecified atom stereocenters. The van der Waals surface area contributed by atoms with E-state index in [1.54, 1.807) is 5.23 Å². The summed E-state index contributed by atoms with van der Waals surface area (Å²) < 4.78 is 11.7. The van der Waals surface area contributed by atoms with Crippen LogP contribution in [-0.4, -0.2) is 37.8 Å². The number of carbonyl (C=O) groups is 1. The minimum absolute atomic E-state index is 0.00632. The van der Waals surface area contributed by atoms with E-state index in [1.807, 2.05) is 25.1 Å². The van der Waals surface area contributed by atoms with Crippen molar-refractivity contribution in [3.05, 3.63) is 35.9 Å². The smallest absolute Gasteiger partial charge is 0.307 e. The lowest BCUT2D eigenvalue weighted by Crippen LogP contribution is -2.63. The summed E-state index contributed by atoms with van der Waals surface area (Å²) in [5.41, 5.74) is 0.0759. The van der Waals surface area contributed by atoms with Gasteiger partial charge in [-0.2, -0.15) is 0 Å². The van der Waals surface area contributed by atoms with Gasteiger partial charge < -0.3 is 9.26 Å². The van der Waals surface area contributed by atoms with Gasteiger partial charge in [0.2, 0.25) is 8.32 Å². The molecule has 158 valence electrons. The van der Waals surface area contributed by atoms with Gasteiger partial charge in [0.15, 0.2) is 0 Å². The molecule has 6 heteroatoms. The number of hydrogen-bond acceptors (Lipinski definition) is 5. The third kappa shape index (κ3) is 4.85. The van der Waals surface area contributed by atoms with Crippen LogP contribution < -0.4 is 0 Å². The van der Waals surface area contributed by atoms with Gasteiger partial charge in [-0.15, -0.1) is 0 Å². The molecule has 1 saturated heterocycles. The Hall–Kier alpha value is -1.21. The maximum absolute atomic E-state index is 12.4. The maximum Gasteiger partial charge on any atom is 0.307 e. The molecule has 1 aromatic rings. The molecular weight excluding hydrogens is 370 g/mol. The van der Waals surface area contributed by atoms with E-state index in [-0.39, 0.29) is 23.3 Å². The molecule has 0 N–H and O–H groups in total. The first-order chi connectivity index (χ1) is 12.7. The quantitative estimate of drug-likeness (QED) is 0.480. The summed E-state index contributed by atoms with van der Waals surface area (Å²) in [5.74, 6) is -0.211. The van der Waals surface area contributed by atoms with E-state index in [1.165, 1.54) is 12.7 Å². The van der Waals surface area contributed by atoms with Crippen LogP contribution in [0.2, 0.25) is 18.1 Å². The van der Waals surface area contributed by atoms with Crippen molar-refractivity contribution in [3.63, 3.8) is 0 Å². The molecule has 0 aliphatic carbocycles. The highest BCUT2D eigenvalue weighted by Gasteiger charge is 2.55. The number of methoxy groups -OCH3 is 1. The van der Waals surface area contributed by atoms with Crippen molar-refractivity contribution in [2.45, 2.75) is 89.6 Å². The average molecular weight is 408 g/mol. The average Bonchev–Trinajstić information content (AvgIpc) is 2.57. The zero-order valence-electron chi connectivity index (χ0n) is 19.0. The minimum Gasteiger partial charge on any atom is -0.469 e. The van der Waals surface area contributed by atoms with E-state index >= 15 is 0 Å². The van der Waals surface area contributed by atoms with Crippen molar-refractivity contribution in [2.75, 3.05) is 7.11 Å². The van der Waals surface area contributed by atoms with Crippen LogP contribution in [0.4, 0.5) is 0 Å². The van der Waals surface area contributed by atoms with Gasteiger partial charge in [-0.3, -0.25) is 9.63 Å². The molecule has 1 fully saturated rings. The summed E-state index contributed by atoms with van der Waals surface area (Å²) >= 11 is 0. The Balaban J connectivity index is 2.53. The molecule has 1 aliphatic rings. The highest BCUT2D eigenvalue weighted by Crippen LogP contribution is 2.49. The molecular formula is C22H37NO4Si. The number of benzene rings is 1. The van der Waals surface area contributed by atoms with Gasteiger partial charge in [-0.1, -0.05) is 56.3 Å². The largest absolute Gasteiger partial charge is 0.469 e. The number of carbonyl (C=O) groups excluding carboxylic acids is 1. The molecule has 2 atom stereocenters. The summed E-state index contributed by atoms with van der Waals surface area (Å²) in [6, 6.07) is 10.3. The van der Waals surface area contributed by atoms with Crippen molar-refractivity contribution in [1.29, 1.82) is 0 Å². The summed E-state index contributed by atoms with van der Waals surface area (Å²) in [4.78, 5) is 18.7. The fourth-order valence-corrected chi connectivity index (χ4v) is 4.32. The van der Waals surface area contributed by atoms with Crippen LogP contribution in [0.1, 0.15) is 65.9 Å². The second-order valence-corrected chi connectivity index (χ2v) is 14.9. The summed E-state index contributed by atoms with van der Waals surface area (Å²) in [6.45, 7) is 17.2. The number of hydroxylamine groups is 2. The van der Waals surface area contributed by atoms with Crippen molar-refractivity contribution < 1.29 is 18.9 Å². The maximum atomic E-state index is 12.4. The molecule has 0 radical (unpaired) electrons. The minimum atomic E-state index is -2.19. The first-order valence-electron chi connectivity index (χ1n) is 10.0. The Morgan fingerprint density at radius 1 is 1.21 bits per heavy atom. The zero-order valence-corrected chi connectivity index (χ0v) is 20.0. The fourth-order valence-electron chi connectivity index (χ4n) is 3.39. The molecule has 2 rings (SSSR count). The highest BCUT2D eigenvalue weighted by molar-refractivity contribution is 6.74. The van der Waals surface area contributed by atoms with Gasteiger partial charge >= 0.3 is 5.97 Å². The molecule has 0 saturated carbocycles. The lowest BCUT2D eigenvalue weighted by molar-refractivity contribution is -0.435. The van der Waals surface area contributed by atoms with E-state index in [2.05, 4.69) is 59.8 Å². The second-order valence-electron chi connectivity index (χ2n) is 10.2. The van der Waals surface area contributed by atoms with Crippen LogP contribution in [0.15, 0.2) is 30.3 Å². The lowest BCUT2D eigenvalue weighted by Gasteiger charge is -2.55. The molecule has 0 aromatic heterocycles. The molecule has 0 bridgehead atoms. The molecule has 1 aliphatic heterocycles. The van der Waals surface area contributed by atoms with Gasteiger partial charge in [0.25, 0.3) is 0 Å². The van der Waals surface area contributed by atoms with Gasteiger partial charge in [0, 0.05) is 5.92 Å². The number of ether oxygens (including phenoxy) is 1. The van der Waals surface area contributed by atoms with Crippen molar-refractivity contribution in [1.82, 2.24) is 5.23 Å². The monoisotopic (exact) mass is 407 g/mol. The van der Waals surface area contributed by atoms with E-state index in [0.717, 1.165) is 6.42 Å². The SMILES string of the molecule is COC(=O)CC1(C)C(c2ccccc2)CC(C)(C)ON1O[Si](C)(C)C(C)(C)C. The Morgan fingerprint density at radius 3 is 2.29 bits per heavy atom. The Kier molecular flexibility index (Phi) is 6.51. The van der Waals surface area contributed by atoms with Crippen LogP contribution in [-0.2, 0) is 18.9 Å². The number of esters is 1. The first-order valence-corrected chi connectivity index (χ1v) is 12.9. The lowest BCUT2D eigenvalue weighted by atomic mass is 9.72. The van der Waals surface area contributed by atoms with Crippen LogP contribution in [0.3, 0.4) is 0 Å². The highest BCUT2D eigenvalue weighted by atomic mass is 28.4. The molecule has 5 nitrogen and oxygen atoms in total. The first kappa shape index (κ1) is 23.1. The summed E-state index contributed by atoms with van der Waals surface area (Å²) in [6.07, 6.45) is 0.968. The van der Waals surface area contributed by atoms with Crippen molar-refractivity contribution >= 4 is 14.3 Å². The number of hydrogen-bond donors (Lipinski definition) is 0. The van der Waals surface area contributed by atoms with Gasteiger partial charge in [0.05, 0.1) is 24.7 Å². The van der Waals surface area contributed by atoms with Crippen LogP contribution in [0, 0.1) is 0 Å². The molecule has 1 aromatic carbocycles. The summed E-state index contributed by atoms with van der Waals surface area (Å²) in [7, 11) is -0.760. The van der Waals surface area contributed by atoms with Gasteiger partial charge in [0.1, 0.15) is 0 Å². The third-order valence-electron chi connectivity index (χ3n) is 6.24. The number of nitrogens with zero attached hydrogens (tertiary/aromatic N) is 1. The second kappa shape index (κ2) is 7.90. The zero-order chi connectivity index (χ0) is 21.4. The fraction of sp³-hybridized carbons (Fsp3) is 0.682. The molecule has 28 heavy (non-hydrogen) atoms. The van der Waals surface area contributed by atoms with Crippen molar-refractivity contribution in [2.24, 2.45) is 0 Å². The van der Waals surface area contributed by atoms with Crippen LogP contribution in [0.25, 0.3) is 0 Å². The third-order valence-corrected chi connectivity index (χ3v) is 10.5. The van der Waals surface area contributed by atoms with Crippen LogP contribution >= 0.6 is 0 Å². The normalized spacial score (nSPS) is 26.1. The van der Waals surface area contributed by atoms with Gasteiger partial charge in [-0.25, -0.2) is 0 Å². The number of rotatable bonds is 5. The Morgan fingerprint density at radius 2 is 1.79 bits per heavy atom. The van der Waals surface area contributed by atoms with E-state index in [0.29, 0.717) is 0 Å². The topological polar surface area (TPSA) is 48.0 Å².